The van der Waals surface area contributed by atoms with Crippen LogP contribution in [0.1, 0.15) is 27.0 Å². The Morgan fingerprint density at radius 3 is 2.43 bits per heavy atom. The number of benzene rings is 3. The normalized spacial score (nSPS) is 12.7. The van der Waals surface area contributed by atoms with E-state index in [4.69, 9.17) is 9.47 Å². The summed E-state index contributed by atoms with van der Waals surface area (Å²) in [5, 5.41) is 4.07. The maximum absolute atomic E-state index is 12.3. The molecule has 3 aromatic carbocycles. The second-order valence-electron chi connectivity index (χ2n) is 6.75. The Kier molecular flexibility index (Phi) is 6.67. The topological polar surface area (TPSA) is 59.9 Å². The summed E-state index contributed by atoms with van der Waals surface area (Å²) in [5.41, 5.74) is 6.40. The molecule has 1 amide bonds. The molecule has 6 heteroatoms. The summed E-state index contributed by atoms with van der Waals surface area (Å²) in [6.07, 6.45) is 1.57. The number of carbonyl (C=O) groups is 1. The molecule has 4 rings (SSSR count). The van der Waals surface area contributed by atoms with Crippen molar-refractivity contribution in [3.05, 3.63) is 95.1 Å². The van der Waals surface area contributed by atoms with Gasteiger partial charge in [0, 0.05) is 22.6 Å². The minimum absolute atomic E-state index is 0.253. The number of hydrogen-bond acceptors (Lipinski definition) is 5. The molecule has 0 spiro atoms. The fraction of sp³-hybridized carbons (Fsp3) is 0.167. The van der Waals surface area contributed by atoms with Crippen LogP contribution in [-0.4, -0.2) is 25.3 Å². The molecule has 1 aliphatic heterocycles. The van der Waals surface area contributed by atoms with E-state index >= 15 is 0 Å². The number of hydrogen-bond donors (Lipinski definition) is 1. The first kappa shape index (κ1) is 20.0. The van der Waals surface area contributed by atoms with E-state index in [1.807, 2.05) is 60.3 Å². The molecule has 0 saturated heterocycles. The molecular formula is C24H22N2O3S. The Labute approximate surface area is 180 Å². The molecule has 1 heterocycles. The molecule has 0 atom stereocenters. The highest BCUT2D eigenvalue weighted by Crippen LogP contribution is 2.32. The number of para-hydroxylation sites is 1. The van der Waals surface area contributed by atoms with Crippen molar-refractivity contribution in [2.24, 2.45) is 5.10 Å². The lowest BCUT2D eigenvalue weighted by molar-refractivity contribution is 0.0955. The van der Waals surface area contributed by atoms with E-state index in [2.05, 4.69) is 34.8 Å². The summed E-state index contributed by atoms with van der Waals surface area (Å²) in [5.74, 6) is 2.96. The number of nitrogens with zero attached hydrogens (tertiary/aromatic N) is 1. The molecule has 3 aromatic rings. The van der Waals surface area contributed by atoms with Crippen LogP contribution in [0.25, 0.3) is 0 Å². The maximum Gasteiger partial charge on any atom is 0.271 e. The molecule has 0 fully saturated rings. The molecule has 5 nitrogen and oxygen atoms in total. The first-order chi connectivity index (χ1) is 14.8. The van der Waals surface area contributed by atoms with Crippen LogP contribution in [0.15, 0.2) is 77.9 Å². The Morgan fingerprint density at radius 1 is 0.900 bits per heavy atom. The smallest absolute Gasteiger partial charge is 0.271 e. The average molecular weight is 419 g/mol. The lowest BCUT2D eigenvalue weighted by atomic mass is 10.1. The van der Waals surface area contributed by atoms with Crippen molar-refractivity contribution in [3.63, 3.8) is 0 Å². The van der Waals surface area contributed by atoms with Gasteiger partial charge in [0.1, 0.15) is 13.2 Å². The van der Waals surface area contributed by atoms with E-state index < -0.39 is 0 Å². The highest BCUT2D eigenvalue weighted by atomic mass is 32.2. The van der Waals surface area contributed by atoms with Crippen molar-refractivity contribution in [3.8, 4) is 11.5 Å². The second kappa shape index (κ2) is 9.98. The molecule has 30 heavy (non-hydrogen) atoms. The van der Waals surface area contributed by atoms with Crippen LogP contribution in [0, 0.1) is 0 Å². The first-order valence-corrected chi connectivity index (χ1v) is 10.9. The summed E-state index contributed by atoms with van der Waals surface area (Å²) in [6.45, 7) is 1.03. The summed E-state index contributed by atoms with van der Waals surface area (Å²) < 4.78 is 11.2. The number of rotatable bonds is 7. The Morgan fingerprint density at radius 2 is 1.63 bits per heavy atom. The molecule has 0 aliphatic carbocycles. The van der Waals surface area contributed by atoms with Crippen molar-refractivity contribution >= 4 is 23.9 Å². The van der Waals surface area contributed by atoms with Crippen molar-refractivity contribution in [2.45, 2.75) is 11.5 Å². The Balaban J connectivity index is 1.29. The van der Waals surface area contributed by atoms with Gasteiger partial charge in [-0.1, -0.05) is 48.5 Å². The highest BCUT2D eigenvalue weighted by Gasteiger charge is 2.14. The van der Waals surface area contributed by atoms with Gasteiger partial charge >= 0.3 is 0 Å². The SMILES string of the molecule is O=C(N/N=C\c1cccc2c1OCCO2)c1ccc(CSCc2ccccc2)cc1. The number of amides is 1. The minimum Gasteiger partial charge on any atom is -0.486 e. The van der Waals surface area contributed by atoms with Crippen LogP contribution >= 0.6 is 11.8 Å². The largest absolute Gasteiger partial charge is 0.486 e. The number of fused-ring (bicyclic) bond motifs is 1. The number of hydrazone groups is 1. The molecule has 0 aromatic heterocycles. The number of ether oxygens (including phenoxy) is 2. The number of nitrogens with one attached hydrogen (secondary N) is 1. The van der Waals surface area contributed by atoms with Gasteiger partial charge in [0.25, 0.3) is 5.91 Å². The average Bonchev–Trinajstić information content (AvgIpc) is 2.80. The van der Waals surface area contributed by atoms with E-state index in [-0.39, 0.29) is 5.91 Å². The Hall–Kier alpha value is -3.25. The molecule has 1 N–H and O–H groups in total. The van der Waals surface area contributed by atoms with Gasteiger partial charge in [0.05, 0.1) is 6.21 Å². The van der Waals surface area contributed by atoms with Gasteiger partial charge in [-0.15, -0.1) is 0 Å². The van der Waals surface area contributed by atoms with Crippen molar-refractivity contribution in [1.29, 1.82) is 0 Å². The van der Waals surface area contributed by atoms with Crippen molar-refractivity contribution in [2.75, 3.05) is 13.2 Å². The van der Waals surface area contributed by atoms with Crippen LogP contribution in [-0.2, 0) is 11.5 Å². The number of thioether (sulfide) groups is 1. The zero-order valence-corrected chi connectivity index (χ0v) is 17.2. The summed E-state index contributed by atoms with van der Waals surface area (Å²) >= 11 is 1.85. The van der Waals surface area contributed by atoms with E-state index in [9.17, 15) is 4.79 Å². The highest BCUT2D eigenvalue weighted by molar-refractivity contribution is 7.97. The van der Waals surface area contributed by atoms with Crippen molar-refractivity contribution in [1.82, 2.24) is 5.43 Å². The van der Waals surface area contributed by atoms with Gasteiger partial charge in [0.15, 0.2) is 11.5 Å². The fourth-order valence-electron chi connectivity index (χ4n) is 3.04. The molecule has 1 aliphatic rings. The van der Waals surface area contributed by atoms with Gasteiger partial charge < -0.3 is 9.47 Å². The van der Waals surface area contributed by atoms with Gasteiger partial charge in [-0.3, -0.25) is 4.79 Å². The molecule has 0 bridgehead atoms. The van der Waals surface area contributed by atoms with E-state index in [1.165, 1.54) is 11.1 Å². The van der Waals surface area contributed by atoms with Crippen LogP contribution in [0.4, 0.5) is 0 Å². The summed E-state index contributed by atoms with van der Waals surface area (Å²) in [6, 6.07) is 23.6. The third kappa shape index (κ3) is 5.21. The van der Waals surface area contributed by atoms with E-state index in [0.717, 1.165) is 17.1 Å². The van der Waals surface area contributed by atoms with Crippen LogP contribution in [0.3, 0.4) is 0 Å². The fourth-order valence-corrected chi connectivity index (χ4v) is 3.99. The summed E-state index contributed by atoms with van der Waals surface area (Å²) in [7, 11) is 0. The van der Waals surface area contributed by atoms with E-state index in [0.29, 0.717) is 30.3 Å². The zero-order valence-electron chi connectivity index (χ0n) is 16.4. The quantitative estimate of drug-likeness (QED) is 0.448. The van der Waals surface area contributed by atoms with Crippen LogP contribution < -0.4 is 14.9 Å². The minimum atomic E-state index is -0.253. The molecular weight excluding hydrogens is 396 g/mol. The predicted octanol–water partition coefficient (Wildman–Crippen LogP) is 4.66. The molecule has 0 saturated carbocycles. The second-order valence-corrected chi connectivity index (χ2v) is 7.73. The zero-order chi connectivity index (χ0) is 20.6. The third-order valence-corrected chi connectivity index (χ3v) is 5.64. The maximum atomic E-state index is 12.3. The lowest BCUT2D eigenvalue weighted by Crippen LogP contribution is -2.18. The van der Waals surface area contributed by atoms with Crippen LogP contribution in [0.5, 0.6) is 11.5 Å². The molecule has 0 unspecified atom stereocenters. The summed E-state index contributed by atoms with van der Waals surface area (Å²) in [4.78, 5) is 12.3. The van der Waals surface area contributed by atoms with Crippen LogP contribution in [0.2, 0.25) is 0 Å². The monoisotopic (exact) mass is 418 g/mol. The molecule has 0 radical (unpaired) electrons. The molecule has 152 valence electrons. The predicted molar refractivity (Wildman–Crippen MR) is 120 cm³/mol. The number of carbonyl (C=O) groups excluding carboxylic acids is 1. The standard InChI is InChI=1S/C24H22N2O3S/c27-24(26-25-15-21-7-4-8-22-23(21)29-14-13-28-22)20-11-9-19(10-12-20)17-30-16-18-5-2-1-3-6-18/h1-12,15H,13-14,16-17H2,(H,26,27)/b25-15-. The third-order valence-electron chi connectivity index (χ3n) is 4.56. The lowest BCUT2D eigenvalue weighted by Gasteiger charge is -2.19. The van der Waals surface area contributed by atoms with Gasteiger partial charge in [-0.2, -0.15) is 16.9 Å². The van der Waals surface area contributed by atoms with Crippen molar-refractivity contribution < 1.29 is 14.3 Å². The first-order valence-electron chi connectivity index (χ1n) is 9.72. The van der Waals surface area contributed by atoms with Gasteiger partial charge in [0.2, 0.25) is 0 Å². The van der Waals surface area contributed by atoms with Gasteiger partial charge in [-0.05, 0) is 35.4 Å². The van der Waals surface area contributed by atoms with E-state index in [1.54, 1.807) is 6.21 Å². The Bertz CT molecular complexity index is 1020. The van der Waals surface area contributed by atoms with Gasteiger partial charge in [-0.25, -0.2) is 5.43 Å².